The van der Waals surface area contributed by atoms with Crippen LogP contribution in [0.5, 0.6) is 0 Å². The molecule has 3 rings (SSSR count). The summed E-state index contributed by atoms with van der Waals surface area (Å²) in [6, 6.07) is 14.6. The van der Waals surface area contributed by atoms with Gasteiger partial charge in [0.2, 0.25) is 0 Å². The molecule has 0 saturated carbocycles. The van der Waals surface area contributed by atoms with Crippen molar-refractivity contribution >= 4 is 39.6 Å². The zero-order valence-corrected chi connectivity index (χ0v) is 13.7. The maximum absolute atomic E-state index is 10.8. The van der Waals surface area contributed by atoms with E-state index in [2.05, 4.69) is 5.32 Å². The largest absolute Gasteiger partial charge is 0.318 e. The van der Waals surface area contributed by atoms with Gasteiger partial charge in [0, 0.05) is 11.6 Å². The zero-order chi connectivity index (χ0) is 15.7. The van der Waals surface area contributed by atoms with Gasteiger partial charge in [-0.25, -0.2) is 4.31 Å². The van der Waals surface area contributed by atoms with E-state index in [1.54, 1.807) is 32.9 Å². The summed E-state index contributed by atoms with van der Waals surface area (Å²) in [6.07, 6.45) is 0. The van der Waals surface area contributed by atoms with Crippen LogP contribution in [0.2, 0.25) is 5.02 Å². The van der Waals surface area contributed by atoms with Gasteiger partial charge in [0.25, 0.3) is 0 Å². The predicted octanol–water partition coefficient (Wildman–Crippen LogP) is 4.10. The van der Waals surface area contributed by atoms with Gasteiger partial charge in [0.15, 0.2) is 0 Å². The van der Waals surface area contributed by atoms with Crippen LogP contribution in [-0.4, -0.2) is 29.2 Å². The summed E-state index contributed by atoms with van der Waals surface area (Å²) in [6.45, 7) is 1.15. The van der Waals surface area contributed by atoms with Crippen LogP contribution in [0.4, 0.5) is 17.1 Å². The molecule has 0 unspecified atom stereocenters. The summed E-state index contributed by atoms with van der Waals surface area (Å²) in [7, 11) is -1.30. The minimum absolute atomic E-state index is 0.500. The maximum Gasteiger partial charge on any atom is 0.0896 e. The number of halogens is 1. The first-order valence-electron chi connectivity index (χ1n) is 6.91. The Bertz CT molecular complexity index is 666. The molecule has 7 heteroatoms. The molecule has 0 aliphatic carbocycles. The molecule has 0 spiro atoms. The fourth-order valence-electron chi connectivity index (χ4n) is 2.52. The molecule has 1 aliphatic rings. The molecule has 0 saturated heterocycles. The van der Waals surface area contributed by atoms with Crippen molar-refractivity contribution in [1.29, 1.82) is 0 Å². The van der Waals surface area contributed by atoms with E-state index in [0.29, 0.717) is 23.8 Å². The lowest BCUT2D eigenvalue weighted by Gasteiger charge is -2.43. The quantitative estimate of drug-likeness (QED) is 0.783. The van der Waals surface area contributed by atoms with Gasteiger partial charge in [-0.15, -0.1) is 0 Å². The smallest absolute Gasteiger partial charge is 0.0896 e. The van der Waals surface area contributed by atoms with Crippen LogP contribution in [0.15, 0.2) is 48.5 Å². The third-order valence-corrected chi connectivity index (χ3v) is 5.66. The van der Waals surface area contributed by atoms with E-state index in [4.69, 9.17) is 11.6 Å². The summed E-state index contributed by atoms with van der Waals surface area (Å²) < 4.78 is 24.9. The molecule has 0 atom stereocenters. The van der Waals surface area contributed by atoms with E-state index in [1.807, 2.05) is 31.3 Å². The van der Waals surface area contributed by atoms with Crippen molar-refractivity contribution in [3.05, 3.63) is 53.6 Å². The lowest BCUT2D eigenvalue weighted by molar-refractivity contribution is 0.484. The lowest BCUT2D eigenvalue weighted by Crippen LogP contribution is -2.35. The molecule has 0 amide bonds. The average Bonchev–Trinajstić information content (AvgIpc) is 2.73. The van der Waals surface area contributed by atoms with E-state index in [0.717, 1.165) is 11.4 Å². The number of anilines is 3. The van der Waals surface area contributed by atoms with Crippen LogP contribution in [0.1, 0.15) is 0 Å². The van der Waals surface area contributed by atoms with Crippen molar-refractivity contribution in [2.24, 2.45) is 0 Å². The molecule has 2 aromatic carbocycles. The Morgan fingerprint density at radius 2 is 1.68 bits per heavy atom. The first-order chi connectivity index (χ1) is 10.6. The first kappa shape index (κ1) is 15.5. The highest BCUT2D eigenvalue weighted by atomic mass is 35.5. The number of nitrogens with one attached hydrogen (secondary N) is 1. The van der Waals surface area contributed by atoms with E-state index in [1.165, 1.54) is 0 Å². The van der Waals surface area contributed by atoms with Gasteiger partial charge in [0.1, 0.15) is 0 Å². The Morgan fingerprint density at radius 1 is 1.05 bits per heavy atom. The number of nitrogens with zero attached hydrogens (tertiary/aromatic N) is 2. The van der Waals surface area contributed by atoms with Gasteiger partial charge in [-0.3, -0.25) is 13.4 Å². The van der Waals surface area contributed by atoms with Crippen molar-refractivity contribution in [1.82, 2.24) is 5.32 Å². The van der Waals surface area contributed by atoms with Crippen molar-refractivity contribution in [3.63, 3.8) is 0 Å². The lowest BCUT2D eigenvalue weighted by atomic mass is 10.2. The van der Waals surface area contributed by atoms with Crippen LogP contribution in [0, 0.1) is 0 Å². The molecule has 0 fully saturated rings. The molecule has 5 nitrogen and oxygen atoms in total. The third kappa shape index (κ3) is 2.53. The van der Waals surface area contributed by atoms with E-state index in [9.17, 15) is 9.11 Å². The highest BCUT2D eigenvalue weighted by Gasteiger charge is 2.41. The molecule has 1 heterocycles. The predicted molar refractivity (Wildman–Crippen MR) is 94.2 cm³/mol. The van der Waals surface area contributed by atoms with Gasteiger partial charge in [-0.05, 0) is 54.4 Å². The number of benzene rings is 2. The standard InChI is InChI=1S/C15H18ClN3O2S/c1-17-10-11-18-14-4-2-3-5-15(14)19(22(18,20)21)13-8-6-12(16)7-9-13/h2-9,17,20-21H,10-11H2,1H3. The topological polar surface area (TPSA) is 59.0 Å². The summed E-state index contributed by atoms with van der Waals surface area (Å²) in [4.78, 5) is 0. The number of fused-ring (bicyclic) bond motifs is 1. The second-order valence-corrected chi connectivity index (χ2v) is 7.18. The fourth-order valence-corrected chi connectivity index (χ4v) is 4.42. The van der Waals surface area contributed by atoms with E-state index < -0.39 is 11.0 Å². The molecule has 1 aliphatic heterocycles. The van der Waals surface area contributed by atoms with Crippen LogP contribution in [0.3, 0.4) is 0 Å². The van der Waals surface area contributed by atoms with Gasteiger partial charge in [0.05, 0.1) is 23.6 Å². The second kappa shape index (κ2) is 5.98. The van der Waals surface area contributed by atoms with Crippen molar-refractivity contribution in [2.75, 3.05) is 28.7 Å². The van der Waals surface area contributed by atoms with Crippen LogP contribution in [0.25, 0.3) is 0 Å². The summed E-state index contributed by atoms with van der Waals surface area (Å²) in [5.74, 6) is 0. The van der Waals surface area contributed by atoms with Gasteiger partial charge in [-0.2, -0.15) is 0 Å². The van der Waals surface area contributed by atoms with Crippen molar-refractivity contribution in [2.45, 2.75) is 0 Å². The minimum Gasteiger partial charge on any atom is -0.318 e. The monoisotopic (exact) mass is 339 g/mol. The summed E-state index contributed by atoms with van der Waals surface area (Å²) in [5.41, 5.74) is 2.29. The number of para-hydroxylation sites is 2. The highest BCUT2D eigenvalue weighted by Crippen LogP contribution is 2.63. The summed E-state index contributed by atoms with van der Waals surface area (Å²) >= 11 is 5.93. The average molecular weight is 340 g/mol. The normalized spacial score (nSPS) is 17.5. The number of likely N-dealkylation sites (N-methyl/N-ethyl adjacent to an activating group) is 1. The third-order valence-electron chi connectivity index (χ3n) is 3.54. The molecule has 3 N–H and O–H groups in total. The van der Waals surface area contributed by atoms with E-state index >= 15 is 0 Å². The molecule has 22 heavy (non-hydrogen) atoms. The minimum atomic E-state index is -3.14. The zero-order valence-electron chi connectivity index (χ0n) is 12.1. The second-order valence-electron chi connectivity index (χ2n) is 4.96. The van der Waals surface area contributed by atoms with Crippen molar-refractivity contribution < 1.29 is 9.11 Å². The highest BCUT2D eigenvalue weighted by molar-refractivity contribution is 8.27. The fraction of sp³-hybridized carbons (Fsp3) is 0.200. The molecular weight excluding hydrogens is 322 g/mol. The summed E-state index contributed by atoms with van der Waals surface area (Å²) in [5, 5.41) is 3.65. The number of hydrogen-bond donors (Lipinski definition) is 3. The molecular formula is C15H18ClN3O2S. The molecule has 0 radical (unpaired) electrons. The van der Waals surface area contributed by atoms with Gasteiger partial charge >= 0.3 is 0 Å². The van der Waals surface area contributed by atoms with E-state index in [-0.39, 0.29) is 0 Å². The Hall–Kier alpha value is -1.44. The van der Waals surface area contributed by atoms with Crippen LogP contribution in [-0.2, 0) is 0 Å². The van der Waals surface area contributed by atoms with Crippen molar-refractivity contribution in [3.8, 4) is 0 Å². The van der Waals surface area contributed by atoms with Gasteiger partial charge in [-0.1, -0.05) is 23.7 Å². The Labute approximate surface area is 136 Å². The van der Waals surface area contributed by atoms with Crippen LogP contribution < -0.4 is 13.9 Å². The SMILES string of the molecule is CNCCN1c2ccccc2N(c2ccc(Cl)cc2)S1(O)O. The Morgan fingerprint density at radius 3 is 2.32 bits per heavy atom. The Balaban J connectivity index is 2.07. The number of hydrogen-bond acceptors (Lipinski definition) is 5. The molecule has 0 aromatic heterocycles. The molecule has 2 aromatic rings. The number of rotatable bonds is 4. The Kier molecular flexibility index (Phi) is 4.20. The molecule has 118 valence electrons. The maximum atomic E-state index is 10.8. The van der Waals surface area contributed by atoms with Crippen LogP contribution >= 0.6 is 22.6 Å². The first-order valence-corrected chi connectivity index (χ1v) is 8.75. The van der Waals surface area contributed by atoms with Gasteiger partial charge < -0.3 is 5.32 Å². The molecule has 0 bridgehead atoms.